The zero-order valence-electron chi connectivity index (χ0n) is 19.4. The molecule has 8 nitrogen and oxygen atoms in total. The van der Waals surface area contributed by atoms with Crippen molar-refractivity contribution >= 4 is 21.6 Å². The summed E-state index contributed by atoms with van der Waals surface area (Å²) in [6.07, 6.45) is 6.40. The van der Waals surface area contributed by atoms with Crippen LogP contribution in [0.5, 0.6) is 0 Å². The molecule has 1 aromatic carbocycles. The second kappa shape index (κ2) is 9.54. The van der Waals surface area contributed by atoms with Crippen LogP contribution in [0, 0.1) is 11.7 Å². The molecule has 0 saturated carbocycles. The maximum Gasteiger partial charge on any atom is 0.322 e. The summed E-state index contributed by atoms with van der Waals surface area (Å²) in [6.45, 7) is 4.60. The van der Waals surface area contributed by atoms with Crippen molar-refractivity contribution in [1.82, 2.24) is 20.1 Å². The van der Waals surface area contributed by atoms with Crippen molar-refractivity contribution < 1.29 is 17.6 Å². The van der Waals surface area contributed by atoms with Crippen LogP contribution in [0.3, 0.4) is 0 Å². The number of pyridine rings is 1. The van der Waals surface area contributed by atoms with Crippen LogP contribution in [-0.4, -0.2) is 42.0 Å². The second-order valence-electron chi connectivity index (χ2n) is 8.77. The minimum Gasteiger partial charge on any atom is -0.331 e. The number of urea groups is 1. The third-order valence-corrected chi connectivity index (χ3v) is 6.89. The van der Waals surface area contributed by atoms with Crippen molar-refractivity contribution in [2.24, 2.45) is 5.92 Å². The van der Waals surface area contributed by atoms with Crippen LogP contribution in [0.2, 0.25) is 0 Å². The average molecular weight is 486 g/mol. The highest BCUT2D eigenvalue weighted by molar-refractivity contribution is 7.90. The number of sulfone groups is 1. The van der Waals surface area contributed by atoms with E-state index in [0.29, 0.717) is 24.2 Å². The van der Waals surface area contributed by atoms with Crippen LogP contribution < -0.4 is 10.2 Å². The fourth-order valence-electron chi connectivity index (χ4n) is 4.27. The molecule has 180 valence electrons. The molecule has 0 saturated heterocycles. The van der Waals surface area contributed by atoms with Gasteiger partial charge in [-0.15, -0.1) is 0 Å². The summed E-state index contributed by atoms with van der Waals surface area (Å²) < 4.78 is 39.0. The van der Waals surface area contributed by atoms with E-state index in [-0.39, 0.29) is 28.8 Å². The number of halogens is 1. The molecule has 0 spiro atoms. The largest absolute Gasteiger partial charge is 0.331 e. The molecule has 0 fully saturated rings. The van der Waals surface area contributed by atoms with Gasteiger partial charge >= 0.3 is 6.03 Å². The maximum absolute atomic E-state index is 13.4. The number of hydrogen-bond donors (Lipinski definition) is 1. The molecule has 34 heavy (non-hydrogen) atoms. The highest BCUT2D eigenvalue weighted by atomic mass is 32.2. The van der Waals surface area contributed by atoms with E-state index in [0.717, 1.165) is 30.5 Å². The topological polar surface area (TPSA) is 97.2 Å². The van der Waals surface area contributed by atoms with Crippen molar-refractivity contribution in [3.05, 3.63) is 65.9 Å². The van der Waals surface area contributed by atoms with Gasteiger partial charge in [-0.3, -0.25) is 4.90 Å². The lowest BCUT2D eigenvalue weighted by Gasteiger charge is -2.32. The van der Waals surface area contributed by atoms with Gasteiger partial charge in [0.15, 0.2) is 14.9 Å². The van der Waals surface area contributed by atoms with Gasteiger partial charge in [0.2, 0.25) is 0 Å². The number of aromatic nitrogens is 3. The smallest absolute Gasteiger partial charge is 0.322 e. The predicted molar refractivity (Wildman–Crippen MR) is 127 cm³/mol. The molecular weight excluding hydrogens is 457 g/mol. The lowest BCUT2D eigenvalue weighted by molar-refractivity contribution is 0.240. The van der Waals surface area contributed by atoms with Gasteiger partial charge in [0.25, 0.3) is 0 Å². The predicted octanol–water partition coefficient (Wildman–Crippen LogP) is 4.06. The van der Waals surface area contributed by atoms with E-state index in [9.17, 15) is 17.6 Å². The first-order valence-corrected chi connectivity index (χ1v) is 13.1. The van der Waals surface area contributed by atoms with Gasteiger partial charge in [0.1, 0.15) is 5.82 Å². The van der Waals surface area contributed by atoms with Crippen LogP contribution in [0.25, 0.3) is 5.69 Å². The van der Waals surface area contributed by atoms with Gasteiger partial charge < -0.3 is 5.32 Å². The molecule has 2 unspecified atom stereocenters. The molecule has 4 rings (SSSR count). The Labute approximate surface area is 198 Å². The Balaban J connectivity index is 1.62. The summed E-state index contributed by atoms with van der Waals surface area (Å²) in [5.74, 6) is -0.132. The molecule has 0 bridgehead atoms. The van der Waals surface area contributed by atoms with E-state index < -0.39 is 9.84 Å². The monoisotopic (exact) mass is 485 g/mol. The minimum absolute atomic E-state index is 0.0187. The number of fused-ring (bicyclic) bond motifs is 1. The van der Waals surface area contributed by atoms with Crippen molar-refractivity contribution in [3.63, 3.8) is 0 Å². The number of nitrogens with zero attached hydrogens (tertiary/aromatic N) is 4. The van der Waals surface area contributed by atoms with Crippen LogP contribution in [0.1, 0.15) is 44.0 Å². The molecule has 3 aromatic rings. The van der Waals surface area contributed by atoms with Gasteiger partial charge in [0.05, 0.1) is 29.3 Å². The van der Waals surface area contributed by atoms with Crippen LogP contribution in [0.15, 0.2) is 53.8 Å². The molecule has 1 aliphatic rings. The van der Waals surface area contributed by atoms with E-state index in [1.807, 2.05) is 6.92 Å². The fourth-order valence-corrected chi connectivity index (χ4v) is 4.87. The van der Waals surface area contributed by atoms with Crippen molar-refractivity contribution in [2.45, 2.75) is 44.2 Å². The molecular formula is C24H28FN5O3S. The number of anilines is 1. The Morgan fingerprint density at radius 2 is 2.00 bits per heavy atom. The van der Waals surface area contributed by atoms with Crippen LogP contribution in [0.4, 0.5) is 14.9 Å². The number of benzene rings is 1. The lowest BCUT2D eigenvalue weighted by atomic mass is 9.99. The first-order valence-electron chi connectivity index (χ1n) is 11.2. The molecule has 2 atom stereocenters. The average Bonchev–Trinajstić information content (AvgIpc) is 3.22. The third-order valence-electron chi connectivity index (χ3n) is 5.91. The van der Waals surface area contributed by atoms with Gasteiger partial charge in [-0.25, -0.2) is 27.3 Å². The van der Waals surface area contributed by atoms with Crippen molar-refractivity contribution in [1.29, 1.82) is 0 Å². The lowest BCUT2D eigenvalue weighted by Crippen LogP contribution is -2.46. The summed E-state index contributed by atoms with van der Waals surface area (Å²) in [6, 6.07) is 8.69. The molecule has 10 heteroatoms. The summed E-state index contributed by atoms with van der Waals surface area (Å²) in [5.41, 5.74) is 3.02. The van der Waals surface area contributed by atoms with Crippen LogP contribution in [-0.2, 0) is 16.3 Å². The number of rotatable bonds is 6. The number of nitrogens with one attached hydrogen (secondary N) is 1. The Kier molecular flexibility index (Phi) is 6.70. The van der Waals surface area contributed by atoms with Crippen molar-refractivity contribution in [2.75, 3.05) is 17.7 Å². The SMILES string of the molecule is CCCC(NC(=O)N1CC(C)Cc2c1cnn2-c1ccc(F)cc1)c1ccnc(S(C)(=O)=O)c1. The van der Waals surface area contributed by atoms with Crippen molar-refractivity contribution in [3.8, 4) is 5.69 Å². The Bertz CT molecular complexity index is 1290. The van der Waals surface area contributed by atoms with Gasteiger partial charge in [-0.1, -0.05) is 20.3 Å². The minimum atomic E-state index is -3.47. The first-order chi connectivity index (χ1) is 16.2. The van der Waals surface area contributed by atoms with Crippen LogP contribution >= 0.6 is 0 Å². The number of amides is 2. The summed E-state index contributed by atoms with van der Waals surface area (Å²) in [4.78, 5) is 19.1. The number of carbonyl (C=O) groups is 1. The number of carbonyl (C=O) groups excluding carboxylic acids is 1. The molecule has 0 radical (unpaired) electrons. The standard InChI is InChI=1S/C24H28FN5O3S/c1-4-5-20(17-10-11-26-23(13-17)34(3,32)33)28-24(31)29-15-16(2)12-21-22(29)14-27-30(21)19-8-6-18(25)7-9-19/h6-11,13-14,16,20H,4-5,12,15H2,1-3H3,(H,28,31). The summed E-state index contributed by atoms with van der Waals surface area (Å²) in [5, 5.41) is 7.53. The Morgan fingerprint density at radius 1 is 1.26 bits per heavy atom. The number of hydrogen-bond acceptors (Lipinski definition) is 5. The van der Waals surface area contributed by atoms with Gasteiger partial charge in [0, 0.05) is 19.0 Å². The normalized spacial score (nSPS) is 16.7. The fraction of sp³-hybridized carbons (Fsp3) is 0.375. The molecule has 3 heterocycles. The highest BCUT2D eigenvalue weighted by Crippen LogP contribution is 2.32. The molecule has 2 aromatic heterocycles. The molecule has 1 aliphatic heterocycles. The maximum atomic E-state index is 13.4. The quantitative estimate of drug-likeness (QED) is 0.568. The Hall–Kier alpha value is -3.27. The van der Waals surface area contributed by atoms with E-state index in [4.69, 9.17) is 0 Å². The molecule has 1 N–H and O–H groups in total. The third kappa shape index (κ3) is 4.96. The molecule has 0 aliphatic carbocycles. The zero-order valence-corrected chi connectivity index (χ0v) is 20.2. The van der Waals surface area contributed by atoms with Gasteiger partial charge in [-0.2, -0.15) is 5.10 Å². The molecule has 2 amide bonds. The van der Waals surface area contributed by atoms with E-state index in [1.54, 1.807) is 34.0 Å². The second-order valence-corrected chi connectivity index (χ2v) is 10.7. The Morgan fingerprint density at radius 3 is 2.68 bits per heavy atom. The first kappa shape index (κ1) is 23.9. The summed E-state index contributed by atoms with van der Waals surface area (Å²) >= 11 is 0. The van der Waals surface area contributed by atoms with E-state index >= 15 is 0 Å². The summed E-state index contributed by atoms with van der Waals surface area (Å²) in [7, 11) is -3.47. The van der Waals surface area contributed by atoms with E-state index in [2.05, 4.69) is 22.3 Å². The van der Waals surface area contributed by atoms with E-state index in [1.165, 1.54) is 24.4 Å². The zero-order chi connectivity index (χ0) is 24.5. The van der Waals surface area contributed by atoms with Gasteiger partial charge in [-0.05, 0) is 60.7 Å². The highest BCUT2D eigenvalue weighted by Gasteiger charge is 2.31.